The Bertz CT molecular complexity index is 850. The Labute approximate surface area is 147 Å². The number of hydrogen-bond acceptors (Lipinski definition) is 5. The average molecular weight is 356 g/mol. The van der Waals surface area contributed by atoms with Gasteiger partial charge in [0.05, 0.1) is 4.91 Å². The lowest BCUT2D eigenvalue weighted by Crippen LogP contribution is -2.44. The molecule has 0 aliphatic carbocycles. The van der Waals surface area contributed by atoms with Gasteiger partial charge in [0, 0.05) is 11.1 Å². The molecule has 2 amide bonds. The van der Waals surface area contributed by atoms with Crippen molar-refractivity contribution >= 4 is 46.2 Å². The number of benzene rings is 2. The first-order valence-corrected chi connectivity index (χ1v) is 8.21. The molecule has 1 aliphatic heterocycles. The lowest BCUT2D eigenvalue weighted by molar-refractivity contribution is -0.123. The van der Waals surface area contributed by atoms with Crippen molar-refractivity contribution in [3.05, 3.63) is 70.6 Å². The first-order chi connectivity index (χ1) is 11.6. The Morgan fingerprint density at radius 1 is 1.12 bits per heavy atom. The molecule has 0 aromatic heterocycles. The Morgan fingerprint density at radius 3 is 2.50 bits per heavy atom. The van der Waals surface area contributed by atoms with Gasteiger partial charge in [-0.2, -0.15) is 5.01 Å². The Kier molecular flexibility index (Phi) is 4.64. The Hall–Kier alpha value is -2.64. The molecular weight excluding hydrogens is 344 g/mol. The summed E-state index contributed by atoms with van der Waals surface area (Å²) in [5.74, 6) is -0.788. The lowest BCUT2D eigenvalue weighted by atomic mass is 10.2. The summed E-state index contributed by atoms with van der Waals surface area (Å²) < 4.78 is 0.228. The molecule has 0 spiro atoms. The minimum Gasteiger partial charge on any atom is -0.507 e. The number of amides is 2. The third-order valence-corrected chi connectivity index (χ3v) is 4.57. The molecule has 0 radical (unpaired) electrons. The quantitative estimate of drug-likeness (QED) is 0.654. The zero-order chi connectivity index (χ0) is 17.1. The molecule has 2 N–H and O–H groups in total. The van der Waals surface area contributed by atoms with Crippen molar-refractivity contribution in [3.63, 3.8) is 0 Å². The van der Waals surface area contributed by atoms with E-state index in [-0.39, 0.29) is 10.1 Å². The molecule has 1 saturated heterocycles. The van der Waals surface area contributed by atoms with E-state index in [4.69, 9.17) is 12.2 Å². The van der Waals surface area contributed by atoms with Gasteiger partial charge in [0.15, 0.2) is 4.32 Å². The summed E-state index contributed by atoms with van der Waals surface area (Å²) in [4.78, 5) is 25.0. The second-order valence-electron chi connectivity index (χ2n) is 4.88. The normalized spacial score (nSPS) is 15.8. The first-order valence-electron chi connectivity index (χ1n) is 6.98. The van der Waals surface area contributed by atoms with E-state index in [1.165, 1.54) is 6.07 Å². The van der Waals surface area contributed by atoms with Crippen LogP contribution in [0.15, 0.2) is 59.5 Å². The predicted octanol–water partition coefficient (Wildman–Crippen LogP) is 2.94. The van der Waals surface area contributed by atoms with Crippen molar-refractivity contribution in [2.45, 2.75) is 0 Å². The predicted molar refractivity (Wildman–Crippen MR) is 97.0 cm³/mol. The monoisotopic (exact) mass is 356 g/mol. The number of thioether (sulfide) groups is 1. The van der Waals surface area contributed by atoms with Crippen molar-refractivity contribution in [1.29, 1.82) is 0 Å². The molecule has 1 aliphatic rings. The highest BCUT2D eigenvalue weighted by molar-refractivity contribution is 8.26. The van der Waals surface area contributed by atoms with Crippen molar-refractivity contribution < 1.29 is 14.7 Å². The van der Waals surface area contributed by atoms with Gasteiger partial charge in [-0.25, -0.2) is 0 Å². The topological polar surface area (TPSA) is 69.6 Å². The molecule has 2 aromatic rings. The van der Waals surface area contributed by atoms with Gasteiger partial charge in [-0.3, -0.25) is 15.0 Å². The van der Waals surface area contributed by atoms with Gasteiger partial charge < -0.3 is 5.11 Å². The fourth-order valence-corrected chi connectivity index (χ4v) is 3.24. The van der Waals surface area contributed by atoms with Gasteiger partial charge >= 0.3 is 0 Å². The molecule has 5 nitrogen and oxygen atoms in total. The van der Waals surface area contributed by atoms with Gasteiger partial charge in [-0.15, -0.1) is 0 Å². The van der Waals surface area contributed by atoms with Gasteiger partial charge in [0.1, 0.15) is 5.75 Å². The SMILES string of the molecule is O=C(NN1C(=O)/C(=C/c2ccccc2O)SC1=S)c1ccccc1. The first kappa shape index (κ1) is 16.2. The smallest absolute Gasteiger partial charge is 0.285 e. The molecule has 1 fully saturated rings. The van der Waals surface area contributed by atoms with Gasteiger partial charge in [0.25, 0.3) is 11.8 Å². The number of nitrogens with zero attached hydrogens (tertiary/aromatic N) is 1. The van der Waals surface area contributed by atoms with Crippen molar-refractivity contribution in [3.8, 4) is 5.75 Å². The Balaban J connectivity index is 1.80. The molecule has 7 heteroatoms. The summed E-state index contributed by atoms with van der Waals surface area (Å²) in [5.41, 5.74) is 3.44. The van der Waals surface area contributed by atoms with E-state index in [1.807, 2.05) is 0 Å². The number of rotatable bonds is 3. The number of nitrogens with one attached hydrogen (secondary N) is 1. The maximum atomic E-state index is 12.5. The summed E-state index contributed by atoms with van der Waals surface area (Å²) in [5, 5.41) is 10.8. The van der Waals surface area contributed by atoms with E-state index >= 15 is 0 Å². The molecule has 1 heterocycles. The van der Waals surface area contributed by atoms with Crippen LogP contribution in [0, 0.1) is 0 Å². The highest BCUT2D eigenvalue weighted by Gasteiger charge is 2.33. The van der Waals surface area contributed by atoms with Crippen LogP contribution in [0.2, 0.25) is 0 Å². The number of hydrogen-bond donors (Lipinski definition) is 2. The fraction of sp³-hybridized carbons (Fsp3) is 0. The van der Waals surface area contributed by atoms with Crippen LogP contribution in [0.1, 0.15) is 15.9 Å². The second kappa shape index (κ2) is 6.86. The van der Waals surface area contributed by atoms with Crippen LogP contribution in [0.3, 0.4) is 0 Å². The van der Waals surface area contributed by atoms with E-state index in [0.29, 0.717) is 16.0 Å². The summed E-state index contributed by atoms with van der Waals surface area (Å²) >= 11 is 6.23. The number of phenols is 1. The van der Waals surface area contributed by atoms with Crippen molar-refractivity contribution in [1.82, 2.24) is 10.4 Å². The number of phenolic OH excluding ortho intramolecular Hbond substituents is 1. The number of carbonyl (C=O) groups is 2. The number of para-hydroxylation sites is 1. The minimum atomic E-state index is -0.433. The van der Waals surface area contributed by atoms with Crippen LogP contribution in [0.5, 0.6) is 5.75 Å². The third kappa shape index (κ3) is 3.32. The molecule has 3 rings (SSSR count). The van der Waals surface area contributed by atoms with Gasteiger partial charge in [-0.05, 0) is 36.5 Å². The van der Waals surface area contributed by atoms with Crippen LogP contribution in [0.4, 0.5) is 0 Å². The maximum absolute atomic E-state index is 12.5. The molecule has 0 saturated carbocycles. The second-order valence-corrected chi connectivity index (χ2v) is 6.56. The average Bonchev–Trinajstić information content (AvgIpc) is 2.85. The van der Waals surface area contributed by atoms with Crippen LogP contribution in [-0.4, -0.2) is 26.3 Å². The zero-order valence-corrected chi connectivity index (χ0v) is 13.9. The van der Waals surface area contributed by atoms with Gasteiger partial charge in [-0.1, -0.05) is 48.2 Å². The summed E-state index contributed by atoms with van der Waals surface area (Å²) in [6.45, 7) is 0. The maximum Gasteiger partial charge on any atom is 0.285 e. The molecule has 2 aromatic carbocycles. The lowest BCUT2D eigenvalue weighted by Gasteiger charge is -2.15. The van der Waals surface area contributed by atoms with E-state index < -0.39 is 11.8 Å². The van der Waals surface area contributed by atoms with Crippen molar-refractivity contribution in [2.24, 2.45) is 0 Å². The summed E-state index contributed by atoms with van der Waals surface area (Å²) in [7, 11) is 0. The number of hydrazine groups is 1. The summed E-state index contributed by atoms with van der Waals surface area (Å²) in [6, 6.07) is 15.2. The minimum absolute atomic E-state index is 0.0658. The van der Waals surface area contributed by atoms with Crippen LogP contribution < -0.4 is 5.43 Å². The zero-order valence-electron chi connectivity index (χ0n) is 12.3. The molecule has 120 valence electrons. The van der Waals surface area contributed by atoms with Crippen molar-refractivity contribution in [2.75, 3.05) is 0 Å². The van der Waals surface area contributed by atoms with E-state index in [1.54, 1.807) is 54.6 Å². The largest absolute Gasteiger partial charge is 0.507 e. The molecular formula is C17H12N2O3S2. The third-order valence-electron chi connectivity index (χ3n) is 3.27. The van der Waals surface area contributed by atoms with Crippen LogP contribution >= 0.6 is 24.0 Å². The Morgan fingerprint density at radius 2 is 1.79 bits per heavy atom. The number of thiocarbonyl (C=S) groups is 1. The highest BCUT2D eigenvalue weighted by Crippen LogP contribution is 2.33. The molecule has 0 unspecified atom stereocenters. The number of carbonyl (C=O) groups excluding carboxylic acids is 2. The summed E-state index contributed by atoms with van der Waals surface area (Å²) in [6.07, 6.45) is 1.54. The van der Waals surface area contributed by atoms with Crippen LogP contribution in [-0.2, 0) is 4.79 Å². The standard InChI is InChI=1S/C17H12N2O3S2/c20-13-9-5-4-8-12(13)10-14-16(22)19(17(23)24-14)18-15(21)11-6-2-1-3-7-11/h1-10,20H,(H,18,21)/b14-10-. The molecule has 0 bridgehead atoms. The van der Waals surface area contributed by atoms with E-state index in [0.717, 1.165) is 16.8 Å². The van der Waals surface area contributed by atoms with Gasteiger partial charge in [0.2, 0.25) is 0 Å². The van der Waals surface area contributed by atoms with E-state index in [9.17, 15) is 14.7 Å². The fourth-order valence-electron chi connectivity index (χ4n) is 2.07. The van der Waals surface area contributed by atoms with E-state index in [2.05, 4.69) is 5.43 Å². The number of aromatic hydroxyl groups is 1. The molecule has 24 heavy (non-hydrogen) atoms. The van der Waals surface area contributed by atoms with Crippen LogP contribution in [0.25, 0.3) is 6.08 Å². The molecule has 0 atom stereocenters. The highest BCUT2D eigenvalue weighted by atomic mass is 32.2.